The zero-order chi connectivity index (χ0) is 27.8. The van der Waals surface area contributed by atoms with Crippen molar-refractivity contribution in [3.63, 3.8) is 0 Å². The Hall–Kier alpha value is -3.95. The molecule has 0 saturated heterocycles. The second-order valence-corrected chi connectivity index (χ2v) is 9.12. The number of hydrogen-bond donors (Lipinski definition) is 0. The summed E-state index contributed by atoms with van der Waals surface area (Å²) in [7, 11) is 0. The third-order valence-electron chi connectivity index (χ3n) is 6.44. The summed E-state index contributed by atoms with van der Waals surface area (Å²) in [6.07, 6.45) is -3.98. The molecule has 1 atom stereocenters. The summed E-state index contributed by atoms with van der Waals surface area (Å²) < 4.78 is 69.6. The van der Waals surface area contributed by atoms with Gasteiger partial charge in [0.05, 0.1) is 22.7 Å². The number of rotatable bonds is 7. The van der Waals surface area contributed by atoms with Crippen LogP contribution in [0.1, 0.15) is 42.5 Å². The van der Waals surface area contributed by atoms with Crippen molar-refractivity contribution in [1.82, 2.24) is 4.98 Å². The molecule has 1 aliphatic rings. The average molecular weight is 530 g/mol. The van der Waals surface area contributed by atoms with Gasteiger partial charge in [-0.1, -0.05) is 31.2 Å². The first-order chi connectivity index (χ1) is 17.8. The van der Waals surface area contributed by atoms with Gasteiger partial charge in [-0.15, -0.1) is 0 Å². The van der Waals surface area contributed by atoms with Gasteiger partial charge < -0.3 is 0 Å². The highest BCUT2D eigenvalue weighted by atomic mass is 19.4. The largest absolute Gasteiger partial charge is 0.417 e. The molecule has 198 valence electrons. The number of aromatic nitrogens is 1. The number of benzene rings is 2. The first-order valence-corrected chi connectivity index (χ1v) is 11.9. The number of ketones is 1. The minimum atomic E-state index is -4.67. The van der Waals surface area contributed by atoms with Crippen molar-refractivity contribution in [1.29, 1.82) is 0 Å². The van der Waals surface area contributed by atoms with E-state index in [1.807, 2.05) is 0 Å². The zero-order valence-corrected chi connectivity index (χ0v) is 20.8. The molecular weight excluding hydrogens is 505 g/mol. The molecular formula is C28H24F5N3O2. The van der Waals surface area contributed by atoms with E-state index in [9.17, 15) is 31.5 Å². The van der Waals surface area contributed by atoms with Gasteiger partial charge in [0.1, 0.15) is 5.92 Å². The second-order valence-electron chi connectivity index (χ2n) is 9.12. The highest BCUT2D eigenvalue weighted by Gasteiger charge is 2.41. The lowest BCUT2D eigenvalue weighted by atomic mass is 9.92. The Morgan fingerprint density at radius 1 is 1.00 bits per heavy atom. The van der Waals surface area contributed by atoms with Crippen molar-refractivity contribution in [3.8, 4) is 11.3 Å². The fourth-order valence-electron chi connectivity index (χ4n) is 4.41. The number of alkyl halides is 5. The third-order valence-corrected chi connectivity index (χ3v) is 6.44. The molecule has 0 fully saturated rings. The Balaban J connectivity index is 1.64. The lowest BCUT2D eigenvalue weighted by Gasteiger charge is -2.19. The van der Waals surface area contributed by atoms with Crippen molar-refractivity contribution < 1.29 is 31.5 Å². The van der Waals surface area contributed by atoms with Gasteiger partial charge in [-0.3, -0.25) is 14.6 Å². The van der Waals surface area contributed by atoms with Crippen LogP contribution in [0.15, 0.2) is 65.9 Å². The molecule has 10 heteroatoms. The number of Topliss-reactive ketones (excluding diaryl/α,β-unsaturated/α-hetero) is 1. The van der Waals surface area contributed by atoms with Crippen molar-refractivity contribution in [2.75, 3.05) is 5.01 Å². The maximum Gasteiger partial charge on any atom is 0.417 e. The standard InChI is InChI=1S/C28H24F5N3O2/c1-4-27(29,30)19-9-5-8-18(13-19)14-23(37)24-17(3)35-36(26(24)38)20-10-11-22(28(31,32)33)21(15-20)25-16(2)7-6-12-34-25/h5-13,15,24H,4,14H2,1-3H3. The molecule has 1 aliphatic heterocycles. The molecule has 0 bridgehead atoms. The normalized spacial score (nSPS) is 16.1. The van der Waals surface area contributed by atoms with Crippen LogP contribution in [-0.4, -0.2) is 22.4 Å². The predicted octanol–water partition coefficient (Wildman–Crippen LogP) is 6.73. The highest BCUT2D eigenvalue weighted by Crippen LogP contribution is 2.40. The number of carbonyl (C=O) groups is 2. The van der Waals surface area contributed by atoms with E-state index in [4.69, 9.17) is 0 Å². The minimum Gasteiger partial charge on any atom is -0.298 e. The average Bonchev–Trinajstić information content (AvgIpc) is 3.17. The highest BCUT2D eigenvalue weighted by molar-refractivity contribution is 6.27. The van der Waals surface area contributed by atoms with Crippen LogP contribution in [-0.2, 0) is 28.1 Å². The molecule has 2 aromatic carbocycles. The van der Waals surface area contributed by atoms with Gasteiger partial charge in [0.15, 0.2) is 5.78 Å². The van der Waals surface area contributed by atoms with E-state index >= 15 is 0 Å². The molecule has 1 amide bonds. The van der Waals surface area contributed by atoms with Crippen LogP contribution in [0.4, 0.5) is 27.6 Å². The van der Waals surface area contributed by atoms with Gasteiger partial charge in [-0.05, 0) is 55.3 Å². The number of aryl methyl sites for hydroxylation is 1. The Morgan fingerprint density at radius 3 is 2.39 bits per heavy atom. The van der Waals surface area contributed by atoms with Crippen LogP contribution >= 0.6 is 0 Å². The Kier molecular flexibility index (Phi) is 7.18. The lowest BCUT2D eigenvalue weighted by Crippen LogP contribution is -2.33. The molecule has 0 aliphatic carbocycles. The molecule has 4 rings (SSSR count). The summed E-state index contributed by atoms with van der Waals surface area (Å²) in [6, 6.07) is 11.8. The maximum atomic E-state index is 14.1. The number of carbonyl (C=O) groups excluding carboxylic acids is 2. The van der Waals surface area contributed by atoms with Gasteiger partial charge in [0.25, 0.3) is 11.8 Å². The number of nitrogens with zero attached hydrogens (tertiary/aromatic N) is 3. The molecule has 0 spiro atoms. The number of pyridine rings is 1. The first kappa shape index (κ1) is 27.1. The Morgan fingerprint density at radius 2 is 1.74 bits per heavy atom. The van der Waals surface area contributed by atoms with E-state index < -0.39 is 41.7 Å². The van der Waals surface area contributed by atoms with E-state index in [1.165, 1.54) is 50.4 Å². The SMILES string of the molecule is CCC(F)(F)c1cccc(CC(=O)C2C(=O)N(c3ccc(C(F)(F)F)c(-c4ncccc4C)c3)N=C2C)c1. The quantitative estimate of drug-likeness (QED) is 0.252. The van der Waals surface area contributed by atoms with E-state index in [1.54, 1.807) is 19.1 Å². The van der Waals surface area contributed by atoms with Crippen LogP contribution in [0.2, 0.25) is 0 Å². The van der Waals surface area contributed by atoms with Gasteiger partial charge in [0.2, 0.25) is 0 Å². The lowest BCUT2D eigenvalue weighted by molar-refractivity contribution is -0.137. The molecule has 1 aromatic heterocycles. The van der Waals surface area contributed by atoms with Crippen LogP contribution in [0.5, 0.6) is 0 Å². The van der Waals surface area contributed by atoms with Crippen LogP contribution < -0.4 is 5.01 Å². The summed E-state index contributed by atoms with van der Waals surface area (Å²) in [4.78, 5) is 30.4. The number of anilines is 1. The summed E-state index contributed by atoms with van der Waals surface area (Å²) in [6.45, 7) is 4.44. The van der Waals surface area contributed by atoms with Crippen LogP contribution in [0, 0.1) is 12.8 Å². The van der Waals surface area contributed by atoms with E-state index in [2.05, 4.69) is 10.1 Å². The summed E-state index contributed by atoms with van der Waals surface area (Å²) >= 11 is 0. The summed E-state index contributed by atoms with van der Waals surface area (Å²) in [5.41, 5.74) is -0.243. The van der Waals surface area contributed by atoms with Crippen molar-refractivity contribution in [2.24, 2.45) is 11.0 Å². The zero-order valence-electron chi connectivity index (χ0n) is 20.8. The molecule has 38 heavy (non-hydrogen) atoms. The molecule has 0 radical (unpaired) electrons. The molecule has 0 saturated carbocycles. The second kappa shape index (κ2) is 10.1. The Bertz CT molecular complexity index is 1430. The molecule has 0 N–H and O–H groups in total. The van der Waals surface area contributed by atoms with Crippen LogP contribution in [0.25, 0.3) is 11.3 Å². The monoisotopic (exact) mass is 529 g/mol. The third kappa shape index (κ3) is 5.20. The van der Waals surface area contributed by atoms with Gasteiger partial charge >= 0.3 is 6.18 Å². The first-order valence-electron chi connectivity index (χ1n) is 11.9. The fourth-order valence-corrected chi connectivity index (χ4v) is 4.41. The van der Waals surface area contributed by atoms with Crippen molar-refractivity contribution >= 4 is 23.1 Å². The summed E-state index contributed by atoms with van der Waals surface area (Å²) in [5.74, 6) is -5.62. The number of amides is 1. The number of halogens is 5. The van der Waals surface area contributed by atoms with Crippen molar-refractivity contribution in [3.05, 3.63) is 83.0 Å². The maximum absolute atomic E-state index is 14.1. The molecule has 2 heterocycles. The van der Waals surface area contributed by atoms with Gasteiger partial charge in [0, 0.05) is 30.2 Å². The molecule has 5 nitrogen and oxygen atoms in total. The minimum absolute atomic E-state index is 0.0438. The van der Waals surface area contributed by atoms with E-state index in [-0.39, 0.29) is 34.6 Å². The number of hydrazone groups is 1. The van der Waals surface area contributed by atoms with Crippen LogP contribution in [0.3, 0.4) is 0 Å². The number of hydrogen-bond acceptors (Lipinski definition) is 4. The smallest absolute Gasteiger partial charge is 0.298 e. The van der Waals surface area contributed by atoms with Gasteiger partial charge in [-0.25, -0.2) is 8.78 Å². The fraction of sp³-hybridized carbons (Fsp3) is 0.286. The van der Waals surface area contributed by atoms with E-state index in [0.29, 0.717) is 11.1 Å². The Labute approximate surface area is 216 Å². The van der Waals surface area contributed by atoms with Crippen molar-refractivity contribution in [2.45, 2.75) is 45.7 Å². The molecule has 3 aromatic rings. The predicted molar refractivity (Wildman–Crippen MR) is 133 cm³/mol. The topological polar surface area (TPSA) is 62.6 Å². The van der Waals surface area contributed by atoms with E-state index in [0.717, 1.165) is 17.1 Å². The summed E-state index contributed by atoms with van der Waals surface area (Å²) in [5, 5.41) is 5.07. The van der Waals surface area contributed by atoms with Gasteiger partial charge in [-0.2, -0.15) is 23.3 Å². The molecule has 1 unspecified atom stereocenters.